The summed E-state index contributed by atoms with van der Waals surface area (Å²) in [5.74, 6) is -0.190. The zero-order valence-electron chi connectivity index (χ0n) is 19.0. The van der Waals surface area contributed by atoms with Gasteiger partial charge in [-0.25, -0.2) is 4.98 Å². The van der Waals surface area contributed by atoms with Crippen LogP contribution < -0.4 is 5.32 Å². The molecule has 0 aliphatic carbocycles. The fourth-order valence-corrected chi connectivity index (χ4v) is 4.69. The third kappa shape index (κ3) is 3.82. The molecular weight excluding hydrogens is 456 g/mol. The molecule has 6 aromatic rings. The number of hydrogen-bond acceptors (Lipinski definition) is 5. The summed E-state index contributed by atoms with van der Waals surface area (Å²) in [4.78, 5) is 26.2. The van der Waals surface area contributed by atoms with Gasteiger partial charge in [0, 0.05) is 28.6 Å². The molecule has 0 spiro atoms. The topological polar surface area (TPSA) is 99.4 Å². The Balaban J connectivity index is 1.41. The molecule has 6 rings (SSSR count). The van der Waals surface area contributed by atoms with Crippen LogP contribution in [-0.2, 0) is 4.79 Å². The van der Waals surface area contributed by atoms with Crippen molar-refractivity contribution >= 4 is 44.9 Å². The molecule has 170 valence electrons. The molecule has 0 atom stereocenters. The Bertz CT molecular complexity index is 1680. The van der Waals surface area contributed by atoms with Crippen LogP contribution in [0.4, 0.5) is 5.69 Å². The number of H-pyrrole nitrogens is 2. The van der Waals surface area contributed by atoms with E-state index < -0.39 is 0 Å². The molecule has 5 heterocycles. The van der Waals surface area contributed by atoms with Gasteiger partial charge >= 0.3 is 0 Å². The molecule has 0 unspecified atom stereocenters. The van der Waals surface area contributed by atoms with E-state index >= 15 is 0 Å². The van der Waals surface area contributed by atoms with E-state index in [-0.39, 0.29) is 11.8 Å². The molecule has 0 aliphatic heterocycles. The minimum Gasteiger partial charge on any atom is -0.353 e. The summed E-state index contributed by atoms with van der Waals surface area (Å²) >= 11 is 1.66. The van der Waals surface area contributed by atoms with Crippen LogP contribution in [0.5, 0.6) is 0 Å². The van der Waals surface area contributed by atoms with E-state index in [1.165, 1.54) is 0 Å². The summed E-state index contributed by atoms with van der Waals surface area (Å²) in [6.45, 7) is 3.70. The van der Waals surface area contributed by atoms with E-state index in [4.69, 9.17) is 4.98 Å². The lowest BCUT2D eigenvalue weighted by molar-refractivity contribution is -0.118. The van der Waals surface area contributed by atoms with E-state index in [0.29, 0.717) is 5.69 Å². The van der Waals surface area contributed by atoms with Crippen LogP contribution in [0.1, 0.15) is 13.8 Å². The molecular formula is C27H20N6OS. The van der Waals surface area contributed by atoms with Crippen LogP contribution in [0.2, 0.25) is 0 Å². The summed E-state index contributed by atoms with van der Waals surface area (Å²) in [5, 5.41) is 13.6. The SMILES string of the molecule is CC(C)C(=O)Nc1c#ccc(-c2ccc3[nH]nc(-c4cc5c(-c6cccs6)nccc5[nH]4)c3n2)c1. The van der Waals surface area contributed by atoms with E-state index in [2.05, 4.69) is 55.1 Å². The van der Waals surface area contributed by atoms with E-state index in [0.717, 1.165) is 55.2 Å². The van der Waals surface area contributed by atoms with Crippen molar-refractivity contribution in [3.8, 4) is 33.2 Å². The van der Waals surface area contributed by atoms with Crippen LogP contribution in [0.15, 0.2) is 60.1 Å². The molecule has 0 bridgehead atoms. The van der Waals surface area contributed by atoms with Gasteiger partial charge in [0.25, 0.3) is 0 Å². The molecule has 0 radical (unpaired) electrons. The molecule has 1 aromatic carbocycles. The van der Waals surface area contributed by atoms with Crippen molar-refractivity contribution in [1.82, 2.24) is 25.1 Å². The van der Waals surface area contributed by atoms with Gasteiger partial charge in [0.15, 0.2) is 0 Å². The number of aromatic nitrogens is 5. The zero-order chi connectivity index (χ0) is 23.9. The molecule has 0 fully saturated rings. The predicted molar refractivity (Wildman–Crippen MR) is 139 cm³/mol. The lowest BCUT2D eigenvalue weighted by Gasteiger charge is -2.07. The zero-order valence-corrected chi connectivity index (χ0v) is 19.8. The van der Waals surface area contributed by atoms with Crippen LogP contribution in [0, 0.1) is 18.1 Å². The minimum atomic E-state index is -0.123. The number of anilines is 1. The average Bonchev–Trinajstić information content (AvgIpc) is 3.62. The van der Waals surface area contributed by atoms with E-state index in [1.54, 1.807) is 17.4 Å². The summed E-state index contributed by atoms with van der Waals surface area (Å²) in [5.41, 5.74) is 7.26. The predicted octanol–water partition coefficient (Wildman–Crippen LogP) is 6.09. The van der Waals surface area contributed by atoms with Gasteiger partial charge in [0.2, 0.25) is 5.91 Å². The first kappa shape index (κ1) is 21.1. The lowest BCUT2D eigenvalue weighted by atomic mass is 10.1. The second kappa shape index (κ2) is 8.38. The second-order valence-electron chi connectivity index (χ2n) is 8.52. The van der Waals surface area contributed by atoms with Gasteiger partial charge in [-0.1, -0.05) is 26.0 Å². The van der Waals surface area contributed by atoms with Crippen LogP contribution in [0.25, 0.3) is 55.2 Å². The van der Waals surface area contributed by atoms with Crippen LogP contribution in [-0.4, -0.2) is 31.1 Å². The van der Waals surface area contributed by atoms with Gasteiger partial charge in [0.05, 0.1) is 33.2 Å². The highest BCUT2D eigenvalue weighted by atomic mass is 32.1. The first-order chi connectivity index (χ1) is 17.1. The number of nitrogens with one attached hydrogen (secondary N) is 3. The Morgan fingerprint density at radius 3 is 2.86 bits per heavy atom. The standard InChI is InChI=1S/C27H20N6OS/c1-15(2)27(34)29-17-6-3-5-16(13-17)19-8-9-21-25(31-19)26(33-32-21)22-14-18-20(30-22)10-11-28-24(18)23-7-4-12-35-23/h4-5,7-15,30H,1-2H3,(H,29,34)(H,32,33). The Morgan fingerprint density at radius 1 is 1.11 bits per heavy atom. The highest BCUT2D eigenvalue weighted by Gasteiger charge is 2.16. The normalized spacial score (nSPS) is 11.3. The maximum atomic E-state index is 12.1. The maximum absolute atomic E-state index is 12.1. The van der Waals surface area contributed by atoms with Gasteiger partial charge < -0.3 is 10.3 Å². The third-order valence-electron chi connectivity index (χ3n) is 5.78. The molecule has 0 aliphatic rings. The Kier molecular flexibility index (Phi) is 5.05. The largest absolute Gasteiger partial charge is 0.353 e. The Labute approximate surface area is 205 Å². The number of hydrogen-bond donors (Lipinski definition) is 3. The highest BCUT2D eigenvalue weighted by molar-refractivity contribution is 7.13. The molecule has 3 N–H and O–H groups in total. The van der Waals surface area contributed by atoms with Gasteiger partial charge in [-0.05, 0) is 53.9 Å². The number of pyridine rings is 2. The summed E-state index contributed by atoms with van der Waals surface area (Å²) in [7, 11) is 0. The molecule has 5 aromatic heterocycles. The third-order valence-corrected chi connectivity index (χ3v) is 6.65. The monoisotopic (exact) mass is 476 g/mol. The number of rotatable bonds is 5. The number of amides is 1. The molecule has 0 saturated carbocycles. The average molecular weight is 477 g/mol. The first-order valence-electron chi connectivity index (χ1n) is 11.2. The van der Waals surface area contributed by atoms with Crippen molar-refractivity contribution < 1.29 is 4.79 Å². The van der Waals surface area contributed by atoms with Crippen molar-refractivity contribution in [2.75, 3.05) is 5.32 Å². The van der Waals surface area contributed by atoms with Crippen molar-refractivity contribution in [1.29, 1.82) is 0 Å². The van der Waals surface area contributed by atoms with Crippen molar-refractivity contribution in [2.45, 2.75) is 13.8 Å². The summed E-state index contributed by atoms with van der Waals surface area (Å²) in [6, 6.07) is 21.6. The van der Waals surface area contributed by atoms with Gasteiger partial charge in [-0.2, -0.15) is 5.10 Å². The number of nitrogens with zero attached hydrogens (tertiary/aromatic N) is 3. The van der Waals surface area contributed by atoms with E-state index in [9.17, 15) is 4.79 Å². The number of fused-ring (bicyclic) bond motifs is 2. The quantitative estimate of drug-likeness (QED) is 0.280. The molecule has 35 heavy (non-hydrogen) atoms. The second-order valence-corrected chi connectivity index (χ2v) is 9.46. The fourth-order valence-electron chi connectivity index (χ4n) is 3.96. The minimum absolute atomic E-state index is 0.0671. The molecule has 8 heteroatoms. The molecule has 7 nitrogen and oxygen atoms in total. The highest BCUT2D eigenvalue weighted by Crippen LogP contribution is 2.34. The Morgan fingerprint density at radius 2 is 2.03 bits per heavy atom. The van der Waals surface area contributed by atoms with Gasteiger partial charge in [-0.3, -0.25) is 14.9 Å². The smallest absolute Gasteiger partial charge is 0.227 e. The lowest BCUT2D eigenvalue weighted by Crippen LogP contribution is -2.17. The number of carbonyl (C=O) groups excluding carboxylic acids is 1. The maximum Gasteiger partial charge on any atom is 0.227 e. The van der Waals surface area contributed by atoms with Gasteiger partial charge in [0.1, 0.15) is 11.2 Å². The van der Waals surface area contributed by atoms with Gasteiger partial charge in [-0.15, -0.1) is 11.3 Å². The summed E-state index contributed by atoms with van der Waals surface area (Å²) in [6.07, 6.45) is 1.81. The van der Waals surface area contributed by atoms with Crippen LogP contribution in [0.3, 0.4) is 0 Å². The summed E-state index contributed by atoms with van der Waals surface area (Å²) < 4.78 is 0. The Hall–Kier alpha value is -4.48. The van der Waals surface area contributed by atoms with E-state index in [1.807, 2.05) is 50.4 Å². The van der Waals surface area contributed by atoms with Crippen molar-refractivity contribution in [3.63, 3.8) is 0 Å². The van der Waals surface area contributed by atoms with Crippen molar-refractivity contribution in [2.24, 2.45) is 5.92 Å². The molecule has 0 saturated heterocycles. The molecule has 1 amide bonds. The van der Waals surface area contributed by atoms with Crippen LogP contribution >= 0.6 is 11.3 Å². The fraction of sp³-hybridized carbons (Fsp3) is 0.111. The first-order valence-corrected chi connectivity index (χ1v) is 12.1. The number of aromatic amines is 2. The number of thiophene rings is 1. The number of carbonyl (C=O) groups is 1. The van der Waals surface area contributed by atoms with Crippen molar-refractivity contribution in [3.05, 3.63) is 72.2 Å².